The second kappa shape index (κ2) is 7.84. The second-order valence-electron chi connectivity index (χ2n) is 5.34. The van der Waals surface area contributed by atoms with Crippen molar-refractivity contribution < 1.29 is 4.74 Å². The van der Waals surface area contributed by atoms with Crippen molar-refractivity contribution in [3.8, 4) is 5.75 Å². The Balaban J connectivity index is 2.31. The van der Waals surface area contributed by atoms with Crippen LogP contribution in [-0.4, -0.2) is 14.2 Å². The summed E-state index contributed by atoms with van der Waals surface area (Å²) in [4.78, 5) is 0. The lowest BCUT2D eigenvalue weighted by Crippen LogP contribution is -2.20. The SMILES string of the molecule is CNC(/C1=C/CCCCCC1)c1ccc(Br)cc1OC. The number of ether oxygens (including phenoxy) is 1. The molecule has 3 heteroatoms. The van der Waals surface area contributed by atoms with Crippen molar-refractivity contribution >= 4 is 15.9 Å². The third-order valence-electron chi connectivity index (χ3n) is 3.99. The summed E-state index contributed by atoms with van der Waals surface area (Å²) in [7, 11) is 3.77. The van der Waals surface area contributed by atoms with Crippen LogP contribution >= 0.6 is 15.9 Å². The standard InChI is InChI=1S/C17H24BrNO/c1-19-17(13-8-6-4-3-5-7-9-13)15-11-10-14(18)12-16(15)20-2/h8,10-12,17,19H,3-7,9H2,1-2H3/b13-8+. The number of allylic oxidation sites excluding steroid dienone is 1. The van der Waals surface area contributed by atoms with Crippen molar-refractivity contribution in [1.82, 2.24) is 5.32 Å². The Bertz CT molecular complexity index is 470. The molecule has 0 spiro atoms. The van der Waals surface area contributed by atoms with Gasteiger partial charge in [0.25, 0.3) is 0 Å². The van der Waals surface area contributed by atoms with Crippen LogP contribution in [-0.2, 0) is 0 Å². The summed E-state index contributed by atoms with van der Waals surface area (Å²) in [6, 6.07) is 6.55. The highest BCUT2D eigenvalue weighted by Crippen LogP contribution is 2.35. The number of rotatable bonds is 4. The maximum Gasteiger partial charge on any atom is 0.125 e. The topological polar surface area (TPSA) is 21.3 Å². The Kier molecular flexibility index (Phi) is 6.11. The van der Waals surface area contributed by atoms with Crippen LogP contribution in [0.15, 0.2) is 34.3 Å². The summed E-state index contributed by atoms with van der Waals surface area (Å²) in [6.07, 6.45) is 10.2. The van der Waals surface area contributed by atoms with Crippen LogP contribution in [0.2, 0.25) is 0 Å². The normalized spacial score (nSPS) is 20.4. The van der Waals surface area contributed by atoms with Crippen molar-refractivity contribution in [1.29, 1.82) is 0 Å². The molecule has 0 saturated heterocycles. The van der Waals surface area contributed by atoms with Crippen molar-refractivity contribution in [3.63, 3.8) is 0 Å². The van der Waals surface area contributed by atoms with Crippen molar-refractivity contribution in [2.75, 3.05) is 14.2 Å². The molecule has 1 N–H and O–H groups in total. The van der Waals surface area contributed by atoms with Crippen LogP contribution in [0.3, 0.4) is 0 Å². The van der Waals surface area contributed by atoms with Crippen LogP contribution in [0.1, 0.15) is 50.1 Å². The smallest absolute Gasteiger partial charge is 0.125 e. The van der Waals surface area contributed by atoms with Gasteiger partial charge in [-0.15, -0.1) is 0 Å². The third kappa shape index (κ3) is 3.86. The molecule has 0 heterocycles. The molecule has 0 radical (unpaired) electrons. The Morgan fingerprint density at radius 2 is 2.00 bits per heavy atom. The predicted molar refractivity (Wildman–Crippen MR) is 88.3 cm³/mol. The molecule has 0 aliphatic heterocycles. The molecule has 0 saturated carbocycles. The van der Waals surface area contributed by atoms with Gasteiger partial charge in [-0.2, -0.15) is 0 Å². The molecule has 0 amide bonds. The quantitative estimate of drug-likeness (QED) is 0.780. The largest absolute Gasteiger partial charge is 0.496 e. The van der Waals surface area contributed by atoms with Gasteiger partial charge < -0.3 is 10.1 Å². The number of halogens is 1. The highest BCUT2D eigenvalue weighted by atomic mass is 79.9. The second-order valence-corrected chi connectivity index (χ2v) is 6.26. The van der Waals surface area contributed by atoms with E-state index in [9.17, 15) is 0 Å². The van der Waals surface area contributed by atoms with Crippen LogP contribution in [0.4, 0.5) is 0 Å². The number of hydrogen-bond donors (Lipinski definition) is 1. The van der Waals surface area contributed by atoms with Gasteiger partial charge in [-0.05, 0) is 44.9 Å². The number of methoxy groups -OCH3 is 1. The van der Waals surface area contributed by atoms with Gasteiger partial charge in [0.2, 0.25) is 0 Å². The summed E-state index contributed by atoms with van der Waals surface area (Å²) in [5.74, 6) is 0.946. The van der Waals surface area contributed by atoms with Crippen molar-refractivity contribution in [2.45, 2.75) is 44.6 Å². The van der Waals surface area contributed by atoms with Crippen LogP contribution in [0.25, 0.3) is 0 Å². The fourth-order valence-corrected chi connectivity index (χ4v) is 3.28. The maximum atomic E-state index is 5.56. The van der Waals surface area contributed by atoms with E-state index in [1.165, 1.54) is 49.7 Å². The van der Waals surface area contributed by atoms with E-state index in [2.05, 4.69) is 39.5 Å². The van der Waals surface area contributed by atoms with Gasteiger partial charge in [-0.25, -0.2) is 0 Å². The summed E-state index contributed by atoms with van der Waals surface area (Å²) < 4.78 is 6.61. The highest BCUT2D eigenvalue weighted by Gasteiger charge is 2.19. The maximum absolute atomic E-state index is 5.56. The molecule has 2 rings (SSSR count). The van der Waals surface area contributed by atoms with Crippen molar-refractivity contribution in [2.24, 2.45) is 0 Å². The molecule has 110 valence electrons. The first-order valence-electron chi connectivity index (χ1n) is 7.46. The molecule has 1 aromatic rings. The zero-order chi connectivity index (χ0) is 14.4. The molecular weight excluding hydrogens is 314 g/mol. The zero-order valence-corrected chi connectivity index (χ0v) is 14.0. The Hall–Kier alpha value is -0.800. The van der Waals surface area contributed by atoms with Gasteiger partial charge in [0.1, 0.15) is 5.75 Å². The molecule has 1 aromatic carbocycles. The molecule has 1 atom stereocenters. The van der Waals surface area contributed by atoms with Gasteiger partial charge in [-0.3, -0.25) is 0 Å². The van der Waals surface area contributed by atoms with E-state index in [1.807, 2.05) is 13.1 Å². The van der Waals surface area contributed by atoms with Gasteiger partial charge in [0.05, 0.1) is 13.2 Å². The fraction of sp³-hybridized carbons (Fsp3) is 0.529. The molecule has 0 aromatic heterocycles. The number of benzene rings is 1. The summed E-state index contributed by atoms with van der Waals surface area (Å²) in [5, 5.41) is 3.47. The Labute approximate surface area is 130 Å². The Morgan fingerprint density at radius 3 is 2.75 bits per heavy atom. The van der Waals surface area contributed by atoms with E-state index in [0.29, 0.717) is 0 Å². The number of hydrogen-bond acceptors (Lipinski definition) is 2. The van der Waals surface area contributed by atoms with E-state index in [0.717, 1.165) is 10.2 Å². The molecule has 0 bridgehead atoms. The van der Waals surface area contributed by atoms with Crippen LogP contribution < -0.4 is 10.1 Å². The first kappa shape index (κ1) is 15.6. The monoisotopic (exact) mass is 337 g/mol. The number of likely N-dealkylation sites (N-methyl/N-ethyl adjacent to an activating group) is 1. The lowest BCUT2D eigenvalue weighted by Gasteiger charge is -2.24. The zero-order valence-electron chi connectivity index (χ0n) is 12.4. The predicted octanol–water partition coefficient (Wildman–Crippen LogP) is 5.00. The van der Waals surface area contributed by atoms with Crippen LogP contribution in [0.5, 0.6) is 5.75 Å². The minimum absolute atomic E-state index is 0.260. The first-order valence-corrected chi connectivity index (χ1v) is 8.25. The summed E-state index contributed by atoms with van der Waals surface area (Å²) in [6.45, 7) is 0. The van der Waals surface area contributed by atoms with E-state index in [-0.39, 0.29) is 6.04 Å². The van der Waals surface area contributed by atoms with Gasteiger partial charge in [-0.1, -0.05) is 46.5 Å². The molecule has 1 unspecified atom stereocenters. The first-order chi connectivity index (χ1) is 9.76. The van der Waals surface area contributed by atoms with E-state index in [4.69, 9.17) is 4.74 Å². The van der Waals surface area contributed by atoms with Gasteiger partial charge in [0.15, 0.2) is 0 Å². The molecule has 1 aliphatic carbocycles. The summed E-state index contributed by atoms with van der Waals surface area (Å²) in [5.41, 5.74) is 2.73. The molecule has 20 heavy (non-hydrogen) atoms. The number of nitrogens with one attached hydrogen (secondary N) is 1. The average molecular weight is 338 g/mol. The summed E-state index contributed by atoms with van der Waals surface area (Å²) >= 11 is 3.51. The van der Waals surface area contributed by atoms with E-state index in [1.54, 1.807) is 7.11 Å². The van der Waals surface area contributed by atoms with E-state index >= 15 is 0 Å². The lowest BCUT2D eigenvalue weighted by molar-refractivity contribution is 0.403. The fourth-order valence-electron chi connectivity index (χ4n) is 2.94. The minimum Gasteiger partial charge on any atom is -0.496 e. The van der Waals surface area contributed by atoms with E-state index < -0.39 is 0 Å². The molecule has 2 nitrogen and oxygen atoms in total. The molecular formula is C17H24BrNO. The Morgan fingerprint density at radius 1 is 1.20 bits per heavy atom. The van der Waals surface area contributed by atoms with Gasteiger partial charge >= 0.3 is 0 Å². The third-order valence-corrected chi connectivity index (χ3v) is 4.49. The highest BCUT2D eigenvalue weighted by molar-refractivity contribution is 9.10. The minimum atomic E-state index is 0.260. The lowest BCUT2D eigenvalue weighted by atomic mass is 9.90. The van der Waals surface area contributed by atoms with Crippen molar-refractivity contribution in [3.05, 3.63) is 39.9 Å². The molecule has 1 aliphatic rings. The average Bonchev–Trinajstić information content (AvgIpc) is 2.42. The van der Waals surface area contributed by atoms with Gasteiger partial charge in [0, 0.05) is 10.0 Å². The van der Waals surface area contributed by atoms with Crippen LogP contribution in [0, 0.1) is 0 Å². The molecule has 0 fully saturated rings.